The van der Waals surface area contributed by atoms with Crippen LogP contribution < -0.4 is 5.32 Å². The molecule has 1 N–H and O–H groups in total. The van der Waals surface area contributed by atoms with Crippen LogP contribution in [0.5, 0.6) is 0 Å². The summed E-state index contributed by atoms with van der Waals surface area (Å²) >= 11 is 5.99. The summed E-state index contributed by atoms with van der Waals surface area (Å²) in [6.07, 6.45) is 5.82. The molecule has 1 saturated carbocycles. The molecule has 0 radical (unpaired) electrons. The highest BCUT2D eigenvalue weighted by molar-refractivity contribution is 6.29. The van der Waals surface area contributed by atoms with E-state index in [2.05, 4.69) is 29.1 Å². The van der Waals surface area contributed by atoms with E-state index in [-0.39, 0.29) is 0 Å². The molecule has 1 fully saturated rings. The van der Waals surface area contributed by atoms with E-state index in [0.29, 0.717) is 10.6 Å². The molecule has 1 aromatic rings. The molecular formula is C13H20ClN3. The smallest absolute Gasteiger partial charge is 0.134 e. The van der Waals surface area contributed by atoms with Crippen molar-refractivity contribution in [2.45, 2.75) is 46.0 Å². The Hall–Kier alpha value is -0.830. The standard InChI is InChI=1S/C13H20ClN3/c1-3-5-11-16-10(14)8-12(17-11)15-9-13(4-2)6-7-13/h8H,3-7,9H2,1-2H3,(H,15,16,17). The monoisotopic (exact) mass is 253 g/mol. The van der Waals surface area contributed by atoms with Crippen LogP contribution in [-0.4, -0.2) is 16.5 Å². The zero-order valence-electron chi connectivity index (χ0n) is 10.6. The van der Waals surface area contributed by atoms with Gasteiger partial charge in [0.05, 0.1) is 0 Å². The maximum Gasteiger partial charge on any atom is 0.134 e. The average molecular weight is 254 g/mol. The van der Waals surface area contributed by atoms with Crippen LogP contribution in [0, 0.1) is 5.41 Å². The Kier molecular flexibility index (Phi) is 3.87. The molecule has 1 aliphatic carbocycles. The number of halogens is 1. The van der Waals surface area contributed by atoms with E-state index in [1.807, 2.05) is 6.07 Å². The summed E-state index contributed by atoms with van der Waals surface area (Å²) in [5.41, 5.74) is 0.516. The zero-order chi connectivity index (χ0) is 12.3. The van der Waals surface area contributed by atoms with Crippen LogP contribution >= 0.6 is 11.6 Å². The van der Waals surface area contributed by atoms with Crippen LogP contribution in [-0.2, 0) is 6.42 Å². The molecule has 0 amide bonds. The van der Waals surface area contributed by atoms with Crippen molar-refractivity contribution in [2.24, 2.45) is 5.41 Å². The Labute approximate surface area is 108 Å². The second-order valence-corrected chi connectivity index (χ2v) is 5.34. The first-order chi connectivity index (χ1) is 8.17. The molecule has 94 valence electrons. The van der Waals surface area contributed by atoms with E-state index in [0.717, 1.165) is 31.0 Å². The number of aromatic nitrogens is 2. The van der Waals surface area contributed by atoms with E-state index in [4.69, 9.17) is 11.6 Å². The summed E-state index contributed by atoms with van der Waals surface area (Å²) in [7, 11) is 0. The van der Waals surface area contributed by atoms with Crippen LogP contribution in [0.4, 0.5) is 5.82 Å². The van der Waals surface area contributed by atoms with Crippen molar-refractivity contribution in [1.29, 1.82) is 0 Å². The number of nitrogens with one attached hydrogen (secondary N) is 1. The van der Waals surface area contributed by atoms with E-state index in [9.17, 15) is 0 Å². The van der Waals surface area contributed by atoms with Crippen molar-refractivity contribution < 1.29 is 0 Å². The van der Waals surface area contributed by atoms with Crippen LogP contribution in [0.1, 0.15) is 45.4 Å². The Morgan fingerprint density at radius 2 is 2.12 bits per heavy atom. The topological polar surface area (TPSA) is 37.8 Å². The van der Waals surface area contributed by atoms with Gasteiger partial charge in [0.2, 0.25) is 0 Å². The van der Waals surface area contributed by atoms with Crippen molar-refractivity contribution in [1.82, 2.24) is 9.97 Å². The summed E-state index contributed by atoms with van der Waals surface area (Å²) < 4.78 is 0. The van der Waals surface area contributed by atoms with Gasteiger partial charge in [-0.1, -0.05) is 25.4 Å². The first kappa shape index (κ1) is 12.6. The highest BCUT2D eigenvalue weighted by Gasteiger charge is 2.40. The number of rotatable bonds is 6. The second-order valence-electron chi connectivity index (χ2n) is 4.95. The van der Waals surface area contributed by atoms with Gasteiger partial charge in [-0.15, -0.1) is 0 Å². The summed E-state index contributed by atoms with van der Waals surface area (Å²) in [5, 5.41) is 3.94. The second kappa shape index (κ2) is 5.21. The van der Waals surface area contributed by atoms with Gasteiger partial charge in [0.15, 0.2) is 0 Å². The van der Waals surface area contributed by atoms with Crippen LogP contribution in [0.2, 0.25) is 5.15 Å². The lowest BCUT2D eigenvalue weighted by molar-refractivity contribution is 0.520. The molecule has 0 unspecified atom stereocenters. The molecular weight excluding hydrogens is 234 g/mol. The first-order valence-electron chi connectivity index (χ1n) is 6.45. The SMILES string of the molecule is CCCc1nc(Cl)cc(NCC2(CC)CC2)n1. The predicted molar refractivity (Wildman–Crippen MR) is 71.5 cm³/mol. The van der Waals surface area contributed by atoms with Crippen LogP contribution in [0.25, 0.3) is 0 Å². The Morgan fingerprint density at radius 1 is 1.35 bits per heavy atom. The molecule has 0 spiro atoms. The maximum atomic E-state index is 5.99. The molecule has 1 aromatic heterocycles. The van der Waals surface area contributed by atoms with Gasteiger partial charge in [-0.25, -0.2) is 9.97 Å². The molecule has 2 rings (SSSR count). The molecule has 1 aliphatic rings. The summed E-state index contributed by atoms with van der Waals surface area (Å²) in [4.78, 5) is 8.70. The number of hydrogen-bond acceptors (Lipinski definition) is 3. The summed E-state index contributed by atoms with van der Waals surface area (Å²) in [5.74, 6) is 1.71. The van der Waals surface area contributed by atoms with E-state index < -0.39 is 0 Å². The fourth-order valence-corrected chi connectivity index (χ4v) is 2.20. The molecule has 0 aromatic carbocycles. The van der Waals surface area contributed by atoms with Gasteiger partial charge in [-0.05, 0) is 31.1 Å². The molecule has 0 aliphatic heterocycles. The zero-order valence-corrected chi connectivity index (χ0v) is 11.3. The molecule has 1 heterocycles. The fourth-order valence-electron chi connectivity index (χ4n) is 2.00. The molecule has 17 heavy (non-hydrogen) atoms. The molecule has 4 heteroatoms. The number of aryl methyl sites for hydroxylation is 1. The maximum absolute atomic E-state index is 5.99. The van der Waals surface area contributed by atoms with E-state index in [1.165, 1.54) is 19.3 Å². The van der Waals surface area contributed by atoms with Gasteiger partial charge < -0.3 is 5.32 Å². The summed E-state index contributed by atoms with van der Waals surface area (Å²) in [6, 6.07) is 1.81. The van der Waals surface area contributed by atoms with Crippen LogP contribution in [0.15, 0.2) is 6.07 Å². The van der Waals surface area contributed by atoms with Crippen molar-refractivity contribution in [2.75, 3.05) is 11.9 Å². The quantitative estimate of drug-likeness (QED) is 0.786. The molecule has 0 atom stereocenters. The summed E-state index contributed by atoms with van der Waals surface area (Å²) in [6.45, 7) is 5.38. The average Bonchev–Trinajstić information content (AvgIpc) is 3.07. The van der Waals surface area contributed by atoms with Crippen molar-refractivity contribution in [3.63, 3.8) is 0 Å². The van der Waals surface area contributed by atoms with Gasteiger partial charge >= 0.3 is 0 Å². The van der Waals surface area contributed by atoms with Gasteiger partial charge in [0.25, 0.3) is 0 Å². The Morgan fingerprint density at radius 3 is 2.71 bits per heavy atom. The number of nitrogens with zero attached hydrogens (tertiary/aromatic N) is 2. The highest BCUT2D eigenvalue weighted by atomic mass is 35.5. The minimum atomic E-state index is 0.516. The largest absolute Gasteiger partial charge is 0.369 e. The van der Waals surface area contributed by atoms with Gasteiger partial charge in [-0.2, -0.15) is 0 Å². The molecule has 0 bridgehead atoms. The minimum Gasteiger partial charge on any atom is -0.369 e. The highest BCUT2D eigenvalue weighted by Crippen LogP contribution is 2.48. The van der Waals surface area contributed by atoms with Crippen molar-refractivity contribution >= 4 is 17.4 Å². The van der Waals surface area contributed by atoms with Crippen LogP contribution in [0.3, 0.4) is 0 Å². The third-order valence-corrected chi connectivity index (χ3v) is 3.76. The van der Waals surface area contributed by atoms with E-state index in [1.54, 1.807) is 0 Å². The third-order valence-electron chi connectivity index (χ3n) is 3.57. The number of hydrogen-bond donors (Lipinski definition) is 1. The predicted octanol–water partition coefficient (Wildman–Crippen LogP) is 3.68. The normalized spacial score (nSPS) is 16.9. The van der Waals surface area contributed by atoms with Gasteiger partial charge in [-0.3, -0.25) is 0 Å². The van der Waals surface area contributed by atoms with Gasteiger partial charge in [0, 0.05) is 19.0 Å². The molecule has 0 saturated heterocycles. The van der Waals surface area contributed by atoms with E-state index >= 15 is 0 Å². The Bertz CT molecular complexity index is 388. The lowest BCUT2D eigenvalue weighted by Crippen LogP contribution is -2.15. The minimum absolute atomic E-state index is 0.516. The number of anilines is 1. The lowest BCUT2D eigenvalue weighted by Gasteiger charge is -2.14. The van der Waals surface area contributed by atoms with Crippen molar-refractivity contribution in [3.8, 4) is 0 Å². The first-order valence-corrected chi connectivity index (χ1v) is 6.82. The van der Waals surface area contributed by atoms with Gasteiger partial charge in [0.1, 0.15) is 16.8 Å². The van der Waals surface area contributed by atoms with Crippen molar-refractivity contribution in [3.05, 3.63) is 17.0 Å². The fraction of sp³-hybridized carbons (Fsp3) is 0.692. The third kappa shape index (κ3) is 3.32. The molecule has 3 nitrogen and oxygen atoms in total. The Balaban J connectivity index is 2.00. The lowest BCUT2D eigenvalue weighted by atomic mass is 10.0.